The average Bonchev–Trinajstić information content (AvgIpc) is 3.31. The summed E-state index contributed by atoms with van der Waals surface area (Å²) in [7, 11) is 1.48. The normalized spacial score (nSPS) is 15.4. The molecule has 1 aliphatic heterocycles. The minimum absolute atomic E-state index is 0.113. The van der Waals surface area contributed by atoms with E-state index in [1.807, 2.05) is 0 Å². The maximum absolute atomic E-state index is 13.2. The first kappa shape index (κ1) is 23.6. The molecule has 2 amide bonds. The largest absolute Gasteiger partial charge is 0.501 e. The smallest absolute Gasteiger partial charge is 0.294 e. The van der Waals surface area contributed by atoms with Gasteiger partial charge in [-0.05, 0) is 58.6 Å². The van der Waals surface area contributed by atoms with Gasteiger partial charge in [-0.25, -0.2) is 14.4 Å². The lowest BCUT2D eigenvalue weighted by Gasteiger charge is -2.24. The highest BCUT2D eigenvalue weighted by Gasteiger charge is 2.34. The van der Waals surface area contributed by atoms with E-state index in [0.717, 1.165) is 0 Å². The number of nitrogens with one attached hydrogen (secondary N) is 1. The van der Waals surface area contributed by atoms with Gasteiger partial charge in [0.1, 0.15) is 21.9 Å². The maximum Gasteiger partial charge on any atom is 0.294 e. The van der Waals surface area contributed by atoms with Gasteiger partial charge in [0.25, 0.3) is 17.4 Å². The molecule has 0 spiro atoms. The Kier molecular flexibility index (Phi) is 6.73. The second kappa shape index (κ2) is 9.72. The fourth-order valence-electron chi connectivity index (χ4n) is 3.88. The van der Waals surface area contributed by atoms with E-state index in [0.29, 0.717) is 29.6 Å². The van der Waals surface area contributed by atoms with Crippen LogP contribution in [0.5, 0.6) is 5.75 Å². The van der Waals surface area contributed by atoms with Crippen molar-refractivity contribution in [2.45, 2.75) is 25.4 Å². The first-order valence-corrected chi connectivity index (χ1v) is 11.3. The van der Waals surface area contributed by atoms with Crippen molar-refractivity contribution in [3.05, 3.63) is 86.0 Å². The van der Waals surface area contributed by atoms with Crippen LogP contribution in [0.1, 0.15) is 51.2 Å². The quantitative estimate of drug-likeness (QED) is 0.490. The molecule has 1 aromatic carbocycles. The van der Waals surface area contributed by atoms with E-state index in [1.165, 1.54) is 36.2 Å². The minimum Gasteiger partial charge on any atom is -0.501 e. The lowest BCUT2D eigenvalue weighted by atomic mass is 10.1. The highest BCUT2D eigenvalue weighted by Crippen LogP contribution is 2.31. The highest BCUT2D eigenvalue weighted by atomic mass is 79.9. The van der Waals surface area contributed by atoms with Crippen molar-refractivity contribution in [3.8, 4) is 5.75 Å². The van der Waals surface area contributed by atoms with E-state index in [2.05, 4.69) is 30.9 Å². The third kappa shape index (κ3) is 4.84. The van der Waals surface area contributed by atoms with Crippen molar-refractivity contribution >= 4 is 27.7 Å². The summed E-state index contributed by atoms with van der Waals surface area (Å²) >= 11 is 3.25. The van der Waals surface area contributed by atoms with E-state index in [1.54, 1.807) is 23.1 Å². The molecular formula is C23H21BrFN5O4. The van der Waals surface area contributed by atoms with Crippen molar-refractivity contribution in [3.63, 3.8) is 0 Å². The molecule has 1 aliphatic rings. The number of benzene rings is 1. The lowest BCUT2D eigenvalue weighted by Crippen LogP contribution is -2.34. The fourth-order valence-corrected chi connectivity index (χ4v) is 4.22. The van der Waals surface area contributed by atoms with E-state index in [4.69, 9.17) is 0 Å². The Bertz CT molecular complexity index is 1300. The Balaban J connectivity index is 1.61. The molecule has 9 nitrogen and oxygen atoms in total. The number of amides is 2. The van der Waals surface area contributed by atoms with Gasteiger partial charge in [0.15, 0.2) is 5.69 Å². The number of carbonyl (C=O) groups excluding carboxylic acids is 2. The van der Waals surface area contributed by atoms with Crippen molar-refractivity contribution in [2.24, 2.45) is 0 Å². The molecular weight excluding hydrogens is 509 g/mol. The number of halogens is 2. The average molecular weight is 530 g/mol. The first-order valence-electron chi connectivity index (χ1n) is 10.5. The Labute approximate surface area is 202 Å². The summed E-state index contributed by atoms with van der Waals surface area (Å²) in [6.45, 7) is 0.543. The van der Waals surface area contributed by atoms with Crippen LogP contribution in [-0.4, -0.2) is 55.3 Å². The summed E-state index contributed by atoms with van der Waals surface area (Å²) in [5.41, 5.74) is -0.389. The van der Waals surface area contributed by atoms with Gasteiger partial charge in [0.05, 0.1) is 6.04 Å². The minimum atomic E-state index is -0.872. The first-order chi connectivity index (χ1) is 16.2. The molecule has 0 bridgehead atoms. The molecule has 34 heavy (non-hydrogen) atoms. The number of aromatic hydroxyl groups is 1. The Hall–Kier alpha value is -3.60. The van der Waals surface area contributed by atoms with Crippen LogP contribution in [0.25, 0.3) is 0 Å². The van der Waals surface area contributed by atoms with Crippen molar-refractivity contribution < 1.29 is 19.1 Å². The predicted molar refractivity (Wildman–Crippen MR) is 124 cm³/mol. The Morgan fingerprint density at radius 1 is 1.24 bits per heavy atom. The topological polar surface area (TPSA) is 119 Å². The van der Waals surface area contributed by atoms with E-state index >= 15 is 0 Å². The van der Waals surface area contributed by atoms with Gasteiger partial charge in [-0.2, -0.15) is 0 Å². The zero-order chi connectivity index (χ0) is 24.4. The molecule has 3 heterocycles. The van der Waals surface area contributed by atoms with Crippen LogP contribution < -0.4 is 5.56 Å². The summed E-state index contributed by atoms with van der Waals surface area (Å²) in [6, 6.07) is 10.0. The molecule has 1 saturated heterocycles. The summed E-state index contributed by atoms with van der Waals surface area (Å²) in [5.74, 6) is -2.10. The SMILES string of the molecule is CN(Cc1ccc(F)cc1)C(=O)c1nc(C2CCCN2C(=O)c2cccc(Br)n2)[nH]c(=O)c1O. The van der Waals surface area contributed by atoms with Gasteiger partial charge in [-0.3, -0.25) is 14.4 Å². The second-order valence-electron chi connectivity index (χ2n) is 7.94. The number of aromatic nitrogens is 3. The summed E-state index contributed by atoms with van der Waals surface area (Å²) < 4.78 is 13.7. The molecule has 176 valence electrons. The van der Waals surface area contributed by atoms with Gasteiger partial charge in [-0.1, -0.05) is 18.2 Å². The summed E-state index contributed by atoms with van der Waals surface area (Å²) in [4.78, 5) is 52.3. The third-order valence-corrected chi connectivity index (χ3v) is 6.00. The second-order valence-corrected chi connectivity index (χ2v) is 8.75. The van der Waals surface area contributed by atoms with Crippen LogP contribution in [-0.2, 0) is 6.54 Å². The van der Waals surface area contributed by atoms with Crippen LogP contribution in [0.4, 0.5) is 4.39 Å². The zero-order valence-corrected chi connectivity index (χ0v) is 19.7. The number of hydrogen-bond acceptors (Lipinski definition) is 6. The predicted octanol–water partition coefficient (Wildman–Crippen LogP) is 3.02. The number of carbonyl (C=O) groups is 2. The molecule has 1 fully saturated rings. The van der Waals surface area contributed by atoms with Gasteiger partial charge in [0.2, 0.25) is 5.75 Å². The van der Waals surface area contributed by atoms with Crippen LogP contribution in [0.15, 0.2) is 51.9 Å². The molecule has 1 unspecified atom stereocenters. The molecule has 0 aliphatic carbocycles. The van der Waals surface area contributed by atoms with E-state index < -0.39 is 34.8 Å². The van der Waals surface area contributed by atoms with Gasteiger partial charge in [0, 0.05) is 20.1 Å². The summed E-state index contributed by atoms with van der Waals surface area (Å²) in [5, 5.41) is 10.3. The van der Waals surface area contributed by atoms with Crippen molar-refractivity contribution in [2.75, 3.05) is 13.6 Å². The van der Waals surface area contributed by atoms with Gasteiger partial charge < -0.3 is 19.9 Å². The van der Waals surface area contributed by atoms with E-state index in [-0.39, 0.29) is 24.0 Å². The molecule has 2 N–H and O–H groups in total. The molecule has 3 aromatic rings. The number of hydrogen-bond donors (Lipinski definition) is 2. The highest BCUT2D eigenvalue weighted by molar-refractivity contribution is 9.10. The number of rotatable bonds is 5. The third-order valence-electron chi connectivity index (χ3n) is 5.56. The number of H-pyrrole nitrogens is 1. The van der Waals surface area contributed by atoms with Crippen LogP contribution >= 0.6 is 15.9 Å². The van der Waals surface area contributed by atoms with Crippen molar-refractivity contribution in [1.29, 1.82) is 0 Å². The van der Waals surface area contributed by atoms with Crippen LogP contribution in [0, 0.1) is 5.82 Å². The molecule has 1 atom stereocenters. The molecule has 4 rings (SSSR count). The molecule has 0 saturated carbocycles. The maximum atomic E-state index is 13.2. The number of aromatic amines is 1. The zero-order valence-electron chi connectivity index (χ0n) is 18.2. The molecule has 2 aromatic heterocycles. The Morgan fingerprint density at radius 2 is 1.97 bits per heavy atom. The van der Waals surface area contributed by atoms with Gasteiger partial charge in [-0.15, -0.1) is 0 Å². The molecule has 0 radical (unpaired) electrons. The Morgan fingerprint density at radius 3 is 2.68 bits per heavy atom. The standard InChI is InChI=1S/C23H21BrFN5O4/c1-29(12-13-7-9-14(25)10-8-13)23(34)18-19(31)21(32)28-20(27-18)16-5-3-11-30(16)22(33)15-4-2-6-17(24)26-15/h2,4,6-10,16,31H,3,5,11-12H2,1H3,(H,27,28,32). The van der Waals surface area contributed by atoms with Gasteiger partial charge >= 0.3 is 0 Å². The lowest BCUT2D eigenvalue weighted by molar-refractivity contribution is 0.0723. The van der Waals surface area contributed by atoms with Crippen LogP contribution in [0.3, 0.4) is 0 Å². The number of nitrogens with zero attached hydrogens (tertiary/aromatic N) is 4. The molecule has 11 heteroatoms. The number of likely N-dealkylation sites (tertiary alicyclic amines) is 1. The van der Waals surface area contributed by atoms with Crippen LogP contribution in [0.2, 0.25) is 0 Å². The fraction of sp³-hybridized carbons (Fsp3) is 0.261. The monoisotopic (exact) mass is 529 g/mol. The van der Waals surface area contributed by atoms with E-state index in [9.17, 15) is 23.9 Å². The van der Waals surface area contributed by atoms with Crippen molar-refractivity contribution in [1.82, 2.24) is 24.8 Å². The summed E-state index contributed by atoms with van der Waals surface area (Å²) in [6.07, 6.45) is 1.19. The number of pyridine rings is 1.